The van der Waals surface area contributed by atoms with Crippen LogP contribution in [0.25, 0.3) is 0 Å². The first kappa shape index (κ1) is 15.8. The monoisotopic (exact) mass is 323 g/mol. The molecule has 0 bridgehead atoms. The summed E-state index contributed by atoms with van der Waals surface area (Å²) >= 11 is 0. The first-order valence-electron chi connectivity index (χ1n) is 5.73. The van der Waals surface area contributed by atoms with Crippen molar-refractivity contribution in [3.05, 3.63) is 27.0 Å². The molecule has 0 saturated carbocycles. The third-order valence-corrected chi connectivity index (χ3v) is 3.33. The lowest BCUT2D eigenvalue weighted by Gasteiger charge is -2.14. The van der Waals surface area contributed by atoms with Gasteiger partial charge in [-0.3, -0.25) is 14.0 Å². The largest absolute Gasteiger partial charge is 0.387 e. The predicted octanol–water partition coefficient (Wildman–Crippen LogP) is -3.47. The molecule has 2 rings (SSSR count). The third kappa shape index (κ3) is 3.54. The van der Waals surface area contributed by atoms with Gasteiger partial charge in [-0.05, 0) is 0 Å². The van der Waals surface area contributed by atoms with Crippen LogP contribution in [0.15, 0.2) is 15.8 Å². The number of hydrogen-bond acceptors (Lipinski definition) is 9. The smallest absolute Gasteiger partial charge is 0.347 e. The summed E-state index contributed by atoms with van der Waals surface area (Å²) in [5, 5.41) is 23.1. The molecule has 1 aliphatic heterocycles. The summed E-state index contributed by atoms with van der Waals surface area (Å²) in [6.45, 7) is -0.536. The number of nitrogens with zero attached hydrogens (tertiary/aromatic N) is 2. The van der Waals surface area contributed by atoms with Crippen LogP contribution in [0.5, 0.6) is 0 Å². The number of aliphatic hydroxyl groups is 2. The number of aromatic nitrogens is 3. The highest BCUT2D eigenvalue weighted by molar-refractivity contribution is 7.85. The molecule has 0 spiro atoms. The Hall–Kier alpha value is -1.60. The maximum Gasteiger partial charge on any atom is 0.347 e. The molecule has 1 saturated heterocycles. The minimum absolute atomic E-state index is 0.536. The van der Waals surface area contributed by atoms with Gasteiger partial charge >= 0.3 is 5.69 Å². The molecule has 1 aromatic heterocycles. The Balaban J connectivity index is 2.19. The summed E-state index contributed by atoms with van der Waals surface area (Å²) in [6.07, 6.45) is -3.98. The minimum Gasteiger partial charge on any atom is -0.387 e. The average molecular weight is 323 g/mol. The highest BCUT2D eigenvalue weighted by atomic mass is 32.2. The van der Waals surface area contributed by atoms with E-state index in [1.54, 1.807) is 0 Å². The number of aromatic amines is 1. The van der Waals surface area contributed by atoms with Gasteiger partial charge in [0, 0.05) is 0 Å². The Labute approximate surface area is 117 Å². The second-order valence-corrected chi connectivity index (χ2v) is 6.06. The summed E-state index contributed by atoms with van der Waals surface area (Å²) < 4.78 is 32.1. The van der Waals surface area contributed by atoms with Crippen molar-refractivity contribution in [3.63, 3.8) is 0 Å². The molecule has 21 heavy (non-hydrogen) atoms. The van der Waals surface area contributed by atoms with E-state index in [9.17, 15) is 28.2 Å². The van der Waals surface area contributed by atoms with Gasteiger partial charge in [0.2, 0.25) is 0 Å². The van der Waals surface area contributed by atoms with Gasteiger partial charge in [0.1, 0.15) is 24.5 Å². The van der Waals surface area contributed by atoms with Gasteiger partial charge in [0.05, 0.1) is 12.9 Å². The van der Waals surface area contributed by atoms with Crippen LogP contribution in [-0.4, -0.2) is 64.6 Å². The van der Waals surface area contributed by atoms with E-state index in [1.165, 1.54) is 0 Å². The predicted molar refractivity (Wildman–Crippen MR) is 65.8 cm³/mol. The zero-order chi connectivity index (χ0) is 15.8. The Kier molecular flexibility index (Phi) is 4.25. The molecule has 4 atom stereocenters. The first-order chi connectivity index (χ1) is 9.69. The molecule has 0 amide bonds. The van der Waals surface area contributed by atoms with Crippen molar-refractivity contribution >= 4 is 10.1 Å². The lowest BCUT2D eigenvalue weighted by atomic mass is 10.1. The zero-order valence-electron chi connectivity index (χ0n) is 10.7. The van der Waals surface area contributed by atoms with E-state index in [2.05, 4.69) is 9.28 Å². The first-order valence-corrected chi connectivity index (χ1v) is 7.55. The Bertz CT molecular complexity index is 725. The lowest BCUT2D eigenvalue weighted by molar-refractivity contribution is -0.0580. The van der Waals surface area contributed by atoms with Crippen LogP contribution < -0.4 is 11.2 Å². The highest BCUT2D eigenvalue weighted by Crippen LogP contribution is 2.27. The molecule has 0 aromatic carbocycles. The van der Waals surface area contributed by atoms with Gasteiger partial charge in [0.15, 0.2) is 6.23 Å². The summed E-state index contributed by atoms with van der Waals surface area (Å²) in [5.41, 5.74) is -1.68. The summed E-state index contributed by atoms with van der Waals surface area (Å²) in [6, 6.07) is 0. The molecule has 0 unspecified atom stereocenters. The number of hydrogen-bond donors (Lipinski definition) is 3. The van der Waals surface area contributed by atoms with Gasteiger partial charge < -0.3 is 14.9 Å². The van der Waals surface area contributed by atoms with Crippen molar-refractivity contribution in [1.29, 1.82) is 0 Å². The highest BCUT2D eigenvalue weighted by Gasteiger charge is 2.45. The second kappa shape index (κ2) is 5.65. The summed E-state index contributed by atoms with van der Waals surface area (Å²) in [5.74, 6) is 0. The topological polar surface area (TPSA) is 161 Å². The van der Waals surface area contributed by atoms with E-state index in [0.29, 0.717) is 4.68 Å². The van der Waals surface area contributed by atoms with Crippen LogP contribution in [0.2, 0.25) is 0 Å². The molecule has 3 N–H and O–H groups in total. The molecule has 1 fully saturated rings. The number of aliphatic hydroxyl groups excluding tert-OH is 2. The van der Waals surface area contributed by atoms with E-state index < -0.39 is 52.5 Å². The van der Waals surface area contributed by atoms with Crippen LogP contribution in [0.1, 0.15) is 6.23 Å². The van der Waals surface area contributed by atoms with Gasteiger partial charge in [-0.1, -0.05) is 0 Å². The minimum atomic E-state index is -3.75. The summed E-state index contributed by atoms with van der Waals surface area (Å²) in [7, 11) is -3.75. The fraction of sp³-hybridized carbons (Fsp3) is 0.667. The molecule has 0 aliphatic carbocycles. The lowest BCUT2D eigenvalue weighted by Crippen LogP contribution is -2.39. The molecule has 118 valence electrons. The number of nitrogens with one attached hydrogen (secondary N) is 1. The maximum atomic E-state index is 11.5. The number of H-pyrrole nitrogens is 1. The van der Waals surface area contributed by atoms with Crippen molar-refractivity contribution in [3.8, 4) is 0 Å². The van der Waals surface area contributed by atoms with Crippen LogP contribution in [0.3, 0.4) is 0 Å². The fourth-order valence-electron chi connectivity index (χ4n) is 1.80. The fourth-order valence-corrected chi connectivity index (χ4v) is 2.18. The van der Waals surface area contributed by atoms with Gasteiger partial charge in [-0.2, -0.15) is 18.2 Å². The van der Waals surface area contributed by atoms with Crippen LogP contribution in [0.4, 0.5) is 0 Å². The van der Waals surface area contributed by atoms with E-state index in [-0.39, 0.29) is 0 Å². The van der Waals surface area contributed by atoms with E-state index in [1.807, 2.05) is 4.98 Å². The molecular formula is C9H13N3O8S. The molecule has 12 heteroatoms. The van der Waals surface area contributed by atoms with Crippen molar-refractivity contribution in [2.75, 3.05) is 12.9 Å². The third-order valence-electron chi connectivity index (χ3n) is 2.76. The van der Waals surface area contributed by atoms with Crippen molar-refractivity contribution in [2.24, 2.45) is 0 Å². The number of ether oxygens (including phenoxy) is 1. The van der Waals surface area contributed by atoms with Gasteiger partial charge in [0.25, 0.3) is 15.7 Å². The van der Waals surface area contributed by atoms with Gasteiger partial charge in [-0.25, -0.2) is 4.79 Å². The molecular weight excluding hydrogens is 310 g/mol. The Morgan fingerprint density at radius 2 is 2.10 bits per heavy atom. The van der Waals surface area contributed by atoms with Crippen LogP contribution in [-0.2, 0) is 19.0 Å². The van der Waals surface area contributed by atoms with Crippen LogP contribution in [0, 0.1) is 0 Å². The summed E-state index contributed by atoms with van der Waals surface area (Å²) in [4.78, 5) is 24.4. The maximum absolute atomic E-state index is 11.5. The molecule has 1 aliphatic rings. The Morgan fingerprint density at radius 1 is 1.43 bits per heavy atom. The molecule has 1 aromatic rings. The van der Waals surface area contributed by atoms with Crippen molar-refractivity contribution in [2.45, 2.75) is 24.5 Å². The SMILES string of the molecule is CS(=O)(=O)OC[C@H]1O[C@@H](n2ncc(=O)[nH]c2=O)[C@@H](O)[C@@H]1O. The number of rotatable bonds is 4. The molecule has 11 nitrogen and oxygen atoms in total. The van der Waals surface area contributed by atoms with Crippen LogP contribution >= 0.6 is 0 Å². The second-order valence-electron chi connectivity index (χ2n) is 4.42. The molecule has 2 heterocycles. The van der Waals surface area contributed by atoms with Crippen molar-refractivity contribution < 1.29 is 27.6 Å². The normalized spacial score (nSPS) is 29.7. The Morgan fingerprint density at radius 3 is 2.67 bits per heavy atom. The average Bonchev–Trinajstić information content (AvgIpc) is 2.64. The van der Waals surface area contributed by atoms with Gasteiger partial charge in [-0.15, -0.1) is 0 Å². The quantitative estimate of drug-likeness (QED) is 0.478. The standard InChI is InChI=1S/C9H13N3O8S/c1-21(17,18)19-3-4-6(14)7(15)8(20-4)12-9(16)11-5(13)2-10-12/h2,4,6-8,14-15H,3H2,1H3,(H,11,13,16)/t4-,6-,7+,8-/m1/s1. The van der Waals surface area contributed by atoms with E-state index in [4.69, 9.17) is 4.74 Å². The van der Waals surface area contributed by atoms with E-state index >= 15 is 0 Å². The van der Waals surface area contributed by atoms with Crippen molar-refractivity contribution in [1.82, 2.24) is 14.8 Å². The zero-order valence-corrected chi connectivity index (χ0v) is 11.6. The molecule has 0 radical (unpaired) electrons. The van der Waals surface area contributed by atoms with E-state index in [0.717, 1.165) is 12.5 Å².